The van der Waals surface area contributed by atoms with Crippen molar-refractivity contribution in [3.63, 3.8) is 0 Å². The number of likely N-dealkylation sites (N-methyl/N-ethyl adjacent to an activating group) is 1. The molecule has 0 radical (unpaired) electrons. The van der Waals surface area contributed by atoms with Gasteiger partial charge in [0.15, 0.2) is 0 Å². The number of rotatable bonds is 5. The van der Waals surface area contributed by atoms with Crippen LogP contribution in [0.4, 0.5) is 0 Å². The molecule has 17 heavy (non-hydrogen) atoms. The first kappa shape index (κ1) is 12.8. The number of methoxy groups -OCH3 is 1. The molecule has 0 spiro atoms. The van der Waals surface area contributed by atoms with E-state index < -0.39 is 0 Å². The Morgan fingerprint density at radius 1 is 1.47 bits per heavy atom. The van der Waals surface area contributed by atoms with Crippen molar-refractivity contribution in [2.24, 2.45) is 5.92 Å². The molecule has 0 aromatic heterocycles. The van der Waals surface area contributed by atoms with E-state index in [0.717, 1.165) is 18.1 Å². The summed E-state index contributed by atoms with van der Waals surface area (Å²) in [5.41, 5.74) is 1.31. The van der Waals surface area contributed by atoms with E-state index in [1.807, 2.05) is 12.1 Å². The third kappa shape index (κ3) is 3.17. The highest BCUT2D eigenvalue weighted by Crippen LogP contribution is 2.29. The first-order valence-electron chi connectivity index (χ1n) is 6.22. The average Bonchev–Trinajstić information content (AvgIpc) is 2.90. The largest absolute Gasteiger partial charge is 0.496 e. The van der Waals surface area contributed by atoms with Crippen LogP contribution in [0.5, 0.6) is 5.75 Å². The minimum atomic E-state index is 0.571. The molecule has 1 aliphatic heterocycles. The Bertz CT molecular complexity index is 350. The normalized spacial score (nSPS) is 21.4. The summed E-state index contributed by atoms with van der Waals surface area (Å²) in [5.74, 6) is 4.42. The third-order valence-corrected chi connectivity index (χ3v) is 4.73. The highest BCUT2D eigenvalue weighted by molar-refractivity contribution is 7.99. The monoisotopic (exact) mass is 251 g/mol. The lowest BCUT2D eigenvalue weighted by atomic mass is 9.93. The Kier molecular flexibility index (Phi) is 4.75. The van der Waals surface area contributed by atoms with Gasteiger partial charge >= 0.3 is 0 Å². The van der Waals surface area contributed by atoms with Gasteiger partial charge in [0, 0.05) is 6.04 Å². The average molecular weight is 251 g/mol. The Hall–Kier alpha value is -0.670. The summed E-state index contributed by atoms with van der Waals surface area (Å²) in [7, 11) is 3.82. The lowest BCUT2D eigenvalue weighted by Gasteiger charge is -2.23. The quantitative estimate of drug-likeness (QED) is 0.869. The van der Waals surface area contributed by atoms with Crippen molar-refractivity contribution in [2.45, 2.75) is 18.9 Å². The number of benzene rings is 1. The lowest BCUT2D eigenvalue weighted by Crippen LogP contribution is -2.35. The standard InChI is InChI=1S/C14H21NOS/c1-15-13(12-7-8-17-10-12)9-11-5-3-4-6-14(11)16-2/h3-6,12-13,15H,7-10H2,1-2H3. The smallest absolute Gasteiger partial charge is 0.122 e. The topological polar surface area (TPSA) is 21.3 Å². The van der Waals surface area contributed by atoms with E-state index in [2.05, 4.69) is 36.3 Å². The summed E-state index contributed by atoms with van der Waals surface area (Å²) < 4.78 is 5.42. The van der Waals surface area contributed by atoms with E-state index in [4.69, 9.17) is 4.74 Å². The number of hydrogen-bond acceptors (Lipinski definition) is 3. The van der Waals surface area contributed by atoms with Crippen LogP contribution in [0.2, 0.25) is 0 Å². The summed E-state index contributed by atoms with van der Waals surface area (Å²) in [6, 6.07) is 8.91. The molecule has 0 saturated carbocycles. The second-order valence-corrected chi connectivity index (χ2v) is 5.68. The van der Waals surface area contributed by atoms with Crippen molar-refractivity contribution in [3.05, 3.63) is 29.8 Å². The SMILES string of the molecule is CNC(Cc1ccccc1OC)C1CCSC1. The van der Waals surface area contributed by atoms with Crippen molar-refractivity contribution in [1.29, 1.82) is 0 Å². The predicted molar refractivity (Wildman–Crippen MR) is 75.0 cm³/mol. The van der Waals surface area contributed by atoms with Crippen LogP contribution < -0.4 is 10.1 Å². The van der Waals surface area contributed by atoms with Crippen molar-refractivity contribution < 1.29 is 4.74 Å². The van der Waals surface area contributed by atoms with E-state index in [9.17, 15) is 0 Å². The molecule has 1 aliphatic rings. The molecule has 0 bridgehead atoms. The number of para-hydroxylation sites is 1. The molecule has 1 heterocycles. The molecule has 1 saturated heterocycles. The summed E-state index contributed by atoms with van der Waals surface area (Å²) in [6.45, 7) is 0. The van der Waals surface area contributed by atoms with Gasteiger partial charge in [-0.2, -0.15) is 11.8 Å². The first-order chi connectivity index (χ1) is 8.35. The van der Waals surface area contributed by atoms with Gasteiger partial charge in [0.2, 0.25) is 0 Å². The van der Waals surface area contributed by atoms with Gasteiger partial charge in [-0.05, 0) is 48.9 Å². The van der Waals surface area contributed by atoms with Crippen molar-refractivity contribution in [3.8, 4) is 5.75 Å². The number of nitrogens with one attached hydrogen (secondary N) is 1. The lowest BCUT2D eigenvalue weighted by molar-refractivity contribution is 0.382. The van der Waals surface area contributed by atoms with Crippen LogP contribution in [0.25, 0.3) is 0 Å². The number of ether oxygens (including phenoxy) is 1. The zero-order valence-electron chi connectivity index (χ0n) is 10.6. The van der Waals surface area contributed by atoms with Crippen LogP contribution in [0.15, 0.2) is 24.3 Å². The maximum absolute atomic E-state index is 5.42. The highest BCUT2D eigenvalue weighted by atomic mass is 32.2. The van der Waals surface area contributed by atoms with Crippen molar-refractivity contribution >= 4 is 11.8 Å². The van der Waals surface area contributed by atoms with E-state index in [1.54, 1.807) is 7.11 Å². The van der Waals surface area contributed by atoms with E-state index >= 15 is 0 Å². The molecule has 1 aromatic rings. The molecule has 2 unspecified atom stereocenters. The van der Waals surface area contributed by atoms with E-state index in [0.29, 0.717) is 6.04 Å². The summed E-state index contributed by atoms with van der Waals surface area (Å²) in [5, 5.41) is 3.47. The molecule has 0 amide bonds. The van der Waals surface area contributed by atoms with Gasteiger partial charge in [-0.25, -0.2) is 0 Å². The van der Waals surface area contributed by atoms with E-state index in [1.165, 1.54) is 23.5 Å². The molecule has 1 aromatic carbocycles. The second-order valence-electron chi connectivity index (χ2n) is 4.53. The number of thioether (sulfide) groups is 1. The minimum Gasteiger partial charge on any atom is -0.496 e. The molecule has 2 rings (SSSR count). The maximum atomic E-state index is 5.42. The zero-order valence-corrected chi connectivity index (χ0v) is 11.4. The summed E-state index contributed by atoms with van der Waals surface area (Å²) >= 11 is 2.08. The summed E-state index contributed by atoms with van der Waals surface area (Å²) in [6.07, 6.45) is 2.40. The van der Waals surface area contributed by atoms with Crippen LogP contribution in [-0.4, -0.2) is 31.7 Å². The number of hydrogen-bond donors (Lipinski definition) is 1. The first-order valence-corrected chi connectivity index (χ1v) is 7.37. The summed E-state index contributed by atoms with van der Waals surface area (Å²) in [4.78, 5) is 0. The highest BCUT2D eigenvalue weighted by Gasteiger charge is 2.24. The molecule has 0 aliphatic carbocycles. The molecular formula is C14H21NOS. The maximum Gasteiger partial charge on any atom is 0.122 e. The van der Waals surface area contributed by atoms with Crippen LogP contribution in [0.3, 0.4) is 0 Å². The van der Waals surface area contributed by atoms with E-state index in [-0.39, 0.29) is 0 Å². The van der Waals surface area contributed by atoms with Crippen LogP contribution in [0, 0.1) is 5.92 Å². The van der Waals surface area contributed by atoms with Gasteiger partial charge in [0.05, 0.1) is 7.11 Å². The van der Waals surface area contributed by atoms with Gasteiger partial charge < -0.3 is 10.1 Å². The fourth-order valence-electron chi connectivity index (χ4n) is 2.48. The van der Waals surface area contributed by atoms with Crippen molar-refractivity contribution in [2.75, 3.05) is 25.7 Å². The van der Waals surface area contributed by atoms with Gasteiger partial charge in [-0.15, -0.1) is 0 Å². The van der Waals surface area contributed by atoms with Gasteiger partial charge in [-0.3, -0.25) is 0 Å². The molecular weight excluding hydrogens is 230 g/mol. The van der Waals surface area contributed by atoms with Gasteiger partial charge in [0.25, 0.3) is 0 Å². The van der Waals surface area contributed by atoms with Gasteiger partial charge in [0.1, 0.15) is 5.75 Å². The molecule has 2 nitrogen and oxygen atoms in total. The fraction of sp³-hybridized carbons (Fsp3) is 0.571. The Balaban J connectivity index is 2.06. The second kappa shape index (κ2) is 6.31. The Labute approximate surface area is 108 Å². The molecule has 2 atom stereocenters. The molecule has 1 N–H and O–H groups in total. The fourth-order valence-corrected chi connectivity index (χ4v) is 3.82. The van der Waals surface area contributed by atoms with Gasteiger partial charge in [-0.1, -0.05) is 18.2 Å². The predicted octanol–water partition coefficient (Wildman–Crippen LogP) is 2.58. The van der Waals surface area contributed by atoms with Crippen LogP contribution in [-0.2, 0) is 6.42 Å². The molecule has 3 heteroatoms. The minimum absolute atomic E-state index is 0.571. The Morgan fingerprint density at radius 2 is 2.29 bits per heavy atom. The molecule has 94 valence electrons. The third-order valence-electron chi connectivity index (χ3n) is 3.54. The molecule has 1 fully saturated rings. The zero-order chi connectivity index (χ0) is 12.1. The van der Waals surface area contributed by atoms with Crippen LogP contribution in [0.1, 0.15) is 12.0 Å². The Morgan fingerprint density at radius 3 is 2.94 bits per heavy atom. The van der Waals surface area contributed by atoms with Crippen LogP contribution >= 0.6 is 11.8 Å². The van der Waals surface area contributed by atoms with Crippen molar-refractivity contribution in [1.82, 2.24) is 5.32 Å².